The molecule has 0 unspecified atom stereocenters. The average Bonchev–Trinajstić information content (AvgIpc) is 3.27. The van der Waals surface area contributed by atoms with Crippen LogP contribution in [0, 0.1) is 40.4 Å². The summed E-state index contributed by atoms with van der Waals surface area (Å²) < 4.78 is 2.34. The Hall–Kier alpha value is -0.610. The van der Waals surface area contributed by atoms with Crippen molar-refractivity contribution < 1.29 is 13.8 Å². The van der Waals surface area contributed by atoms with Crippen LogP contribution in [0.15, 0.2) is 0 Å². The van der Waals surface area contributed by atoms with Crippen LogP contribution in [0.1, 0.15) is 110 Å². The van der Waals surface area contributed by atoms with Crippen LogP contribution in [0.3, 0.4) is 0 Å². The van der Waals surface area contributed by atoms with Gasteiger partial charge in [-0.3, -0.25) is 4.79 Å². The lowest BCUT2D eigenvalue weighted by atomic mass is 9.44. The number of quaternary nitrogens is 2. The molecule has 1 amide bonds. The zero-order chi connectivity index (χ0) is 27.0. The number of hydrogen-bond donors (Lipinski definition) is 1. The number of amides is 1. The van der Waals surface area contributed by atoms with E-state index in [4.69, 9.17) is 0 Å². The fourth-order valence-electron chi connectivity index (χ4n) is 11.1. The summed E-state index contributed by atoms with van der Waals surface area (Å²) >= 11 is 0. The second-order valence-electron chi connectivity index (χ2n) is 16.1. The van der Waals surface area contributed by atoms with Crippen LogP contribution in [0.25, 0.3) is 0 Å². The Labute approximate surface area is 235 Å². The van der Waals surface area contributed by atoms with Gasteiger partial charge in [-0.05, 0) is 111 Å². The van der Waals surface area contributed by atoms with Crippen LogP contribution in [-0.2, 0) is 4.79 Å². The van der Waals surface area contributed by atoms with E-state index < -0.39 is 0 Å². The van der Waals surface area contributed by atoms with E-state index in [2.05, 4.69) is 40.3 Å². The highest BCUT2D eigenvalue weighted by Gasteiger charge is 2.60. The normalized spacial score (nSPS) is 41.6. The molecule has 0 aromatic heterocycles. The summed E-state index contributed by atoms with van der Waals surface area (Å²) in [6.07, 6.45) is 20.6. The van der Waals surface area contributed by atoms with Crippen LogP contribution in [0.2, 0.25) is 0 Å². The molecule has 38 heavy (non-hydrogen) atoms. The van der Waals surface area contributed by atoms with Gasteiger partial charge in [0.2, 0.25) is 5.91 Å². The smallest absolute Gasteiger partial charge is 0.219 e. The summed E-state index contributed by atoms with van der Waals surface area (Å²) in [6.45, 7) is 12.4. The van der Waals surface area contributed by atoms with Crippen molar-refractivity contribution in [3.63, 3.8) is 0 Å². The van der Waals surface area contributed by atoms with Gasteiger partial charge in [0.25, 0.3) is 0 Å². The molecule has 5 fully saturated rings. The lowest BCUT2D eigenvalue weighted by Gasteiger charge is -2.61. The zero-order valence-electron chi connectivity index (χ0n) is 26.0. The molecule has 4 aliphatic carbocycles. The van der Waals surface area contributed by atoms with Crippen LogP contribution < -0.4 is 5.32 Å². The topological polar surface area (TPSA) is 29.1 Å². The molecule has 0 bridgehead atoms. The zero-order valence-corrected chi connectivity index (χ0v) is 26.0. The summed E-state index contributed by atoms with van der Waals surface area (Å²) in [6, 6.07) is 0. The first-order valence-electron chi connectivity index (χ1n) is 17.0. The minimum Gasteiger partial charge on any atom is -0.356 e. The summed E-state index contributed by atoms with van der Waals surface area (Å²) in [7, 11) is 7.11. The third-order valence-electron chi connectivity index (χ3n) is 13.8. The summed E-state index contributed by atoms with van der Waals surface area (Å²) in [5, 5.41) is 3.28. The average molecular weight is 530 g/mol. The van der Waals surface area contributed by atoms with Crippen molar-refractivity contribution in [2.24, 2.45) is 40.4 Å². The first kappa shape index (κ1) is 28.9. The lowest BCUT2D eigenvalue weighted by Crippen LogP contribution is -2.62. The number of likely N-dealkylation sites (N-methyl/N-ethyl adjacent to an activating group) is 2. The van der Waals surface area contributed by atoms with E-state index in [1.54, 1.807) is 0 Å². The Morgan fingerprint density at radius 2 is 1.66 bits per heavy atom. The van der Waals surface area contributed by atoms with Gasteiger partial charge in [-0.1, -0.05) is 26.7 Å². The molecule has 218 valence electrons. The summed E-state index contributed by atoms with van der Waals surface area (Å²) in [4.78, 5) is 12.7. The number of carbonyl (C=O) groups is 1. The van der Waals surface area contributed by atoms with Gasteiger partial charge in [0.05, 0.1) is 27.7 Å². The van der Waals surface area contributed by atoms with Gasteiger partial charge in [0.15, 0.2) is 0 Å². The fourth-order valence-corrected chi connectivity index (χ4v) is 11.1. The van der Waals surface area contributed by atoms with Crippen molar-refractivity contribution in [2.45, 2.75) is 110 Å². The second kappa shape index (κ2) is 11.3. The number of fused-ring (bicyclic) bond motifs is 5. The van der Waals surface area contributed by atoms with E-state index in [-0.39, 0.29) is 0 Å². The molecular weight excluding hydrogens is 466 g/mol. The van der Waals surface area contributed by atoms with E-state index in [0.29, 0.717) is 16.7 Å². The Morgan fingerprint density at radius 3 is 2.42 bits per heavy atom. The Kier molecular flexibility index (Phi) is 8.63. The SMILES string of the molecule is CC[C@]12CC[C@H]3[C@@H](CC[C@@H]4CCCC[C@@]43C)[C@@H]1CC[C@@H]2CCCC(=O)NCCC[N+]1(C)CC[N+](C)(C)CC1. The number of nitrogens with one attached hydrogen (secondary N) is 1. The van der Waals surface area contributed by atoms with Crippen molar-refractivity contribution >= 4 is 5.91 Å². The minimum atomic E-state index is 0.302. The van der Waals surface area contributed by atoms with E-state index in [1.165, 1.54) is 114 Å². The first-order valence-corrected chi connectivity index (χ1v) is 17.0. The standard InChI is InChI=1S/C34H62N3O/c1-6-34-20-18-30-29(16-14-27-11-7-8-19-33(27,30)2)31(34)17-15-28(34)12-9-13-32(38)35-21-10-22-37(5)25-23-36(3,4)24-26-37/h27-31H,6-26H2,1-5H3/q+1/p+1/t27-,28-,29+,30-,31-,33-,34+/m0/s1. The molecule has 0 spiro atoms. The molecule has 4 nitrogen and oxygen atoms in total. The number of rotatable bonds is 9. The largest absolute Gasteiger partial charge is 0.356 e. The number of carbonyl (C=O) groups excluding carboxylic acids is 1. The van der Waals surface area contributed by atoms with Gasteiger partial charge in [0.1, 0.15) is 26.2 Å². The highest BCUT2D eigenvalue weighted by molar-refractivity contribution is 5.75. The maximum atomic E-state index is 12.7. The third-order valence-corrected chi connectivity index (χ3v) is 13.8. The maximum absolute atomic E-state index is 12.7. The first-order chi connectivity index (χ1) is 18.1. The maximum Gasteiger partial charge on any atom is 0.219 e. The van der Waals surface area contributed by atoms with Crippen LogP contribution in [-0.4, -0.2) is 75.3 Å². The van der Waals surface area contributed by atoms with Crippen molar-refractivity contribution in [3.8, 4) is 0 Å². The molecular formula is C34H63N3O+2. The molecule has 0 aromatic carbocycles. The number of piperazine rings is 1. The molecule has 4 saturated carbocycles. The molecule has 1 N–H and O–H groups in total. The van der Waals surface area contributed by atoms with Crippen molar-refractivity contribution in [1.29, 1.82) is 0 Å². The van der Waals surface area contributed by atoms with Gasteiger partial charge in [-0.15, -0.1) is 0 Å². The molecule has 0 aromatic rings. The fraction of sp³-hybridized carbons (Fsp3) is 0.971. The van der Waals surface area contributed by atoms with E-state index in [1.807, 2.05) is 0 Å². The van der Waals surface area contributed by atoms with Crippen molar-refractivity contribution in [2.75, 3.05) is 60.4 Å². The predicted molar refractivity (Wildman–Crippen MR) is 159 cm³/mol. The Balaban J connectivity index is 1.06. The van der Waals surface area contributed by atoms with Gasteiger partial charge >= 0.3 is 0 Å². The van der Waals surface area contributed by atoms with Crippen LogP contribution >= 0.6 is 0 Å². The van der Waals surface area contributed by atoms with Crippen molar-refractivity contribution in [1.82, 2.24) is 5.32 Å². The van der Waals surface area contributed by atoms with Crippen molar-refractivity contribution in [3.05, 3.63) is 0 Å². The molecule has 4 heteroatoms. The van der Waals surface area contributed by atoms with E-state index in [9.17, 15) is 4.79 Å². The molecule has 1 aliphatic heterocycles. The van der Waals surface area contributed by atoms with Gasteiger partial charge < -0.3 is 14.3 Å². The number of nitrogens with zero attached hydrogens (tertiary/aromatic N) is 2. The van der Waals surface area contributed by atoms with Gasteiger partial charge in [-0.25, -0.2) is 0 Å². The minimum absolute atomic E-state index is 0.302. The quantitative estimate of drug-likeness (QED) is 0.263. The molecule has 5 rings (SSSR count). The molecule has 1 saturated heterocycles. The summed E-state index contributed by atoms with van der Waals surface area (Å²) in [5.41, 5.74) is 1.25. The second-order valence-corrected chi connectivity index (χ2v) is 16.1. The third kappa shape index (κ3) is 5.61. The van der Waals surface area contributed by atoms with Gasteiger partial charge in [0, 0.05) is 19.4 Å². The highest BCUT2D eigenvalue weighted by atomic mass is 16.1. The lowest BCUT2D eigenvalue weighted by molar-refractivity contribution is -1.01. The highest BCUT2D eigenvalue weighted by Crippen LogP contribution is 2.68. The molecule has 1 heterocycles. The molecule has 0 radical (unpaired) electrons. The van der Waals surface area contributed by atoms with Gasteiger partial charge in [-0.2, -0.15) is 0 Å². The monoisotopic (exact) mass is 529 g/mol. The van der Waals surface area contributed by atoms with E-state index in [0.717, 1.165) is 59.9 Å². The summed E-state index contributed by atoms with van der Waals surface area (Å²) in [5.74, 6) is 5.19. The molecule has 7 atom stereocenters. The van der Waals surface area contributed by atoms with Crippen LogP contribution in [0.4, 0.5) is 0 Å². The number of hydrogen-bond acceptors (Lipinski definition) is 1. The Morgan fingerprint density at radius 1 is 0.868 bits per heavy atom. The van der Waals surface area contributed by atoms with E-state index >= 15 is 0 Å². The Bertz CT molecular complexity index is 815. The predicted octanol–water partition coefficient (Wildman–Crippen LogP) is 6.64. The molecule has 5 aliphatic rings. The van der Waals surface area contributed by atoms with Crippen LogP contribution in [0.5, 0.6) is 0 Å².